The predicted octanol–water partition coefficient (Wildman–Crippen LogP) is 1.49. The Bertz CT molecular complexity index is 512. The van der Waals surface area contributed by atoms with Gasteiger partial charge in [0.1, 0.15) is 0 Å². The Labute approximate surface area is 150 Å². The maximum atomic E-state index is 12.1. The van der Waals surface area contributed by atoms with Crippen molar-refractivity contribution >= 4 is 24.2 Å². The summed E-state index contributed by atoms with van der Waals surface area (Å²) in [7, 11) is 1.62. The van der Waals surface area contributed by atoms with E-state index in [0.29, 0.717) is 25.3 Å². The quantitative estimate of drug-likeness (QED) is 0.554. The van der Waals surface area contributed by atoms with Crippen LogP contribution >= 0.6 is 12.4 Å². The van der Waals surface area contributed by atoms with E-state index in [9.17, 15) is 9.59 Å². The number of benzene rings is 1. The molecule has 0 saturated heterocycles. The molecule has 0 aliphatic heterocycles. The molecule has 1 rings (SSSR count). The Hall–Kier alpha value is -1.63. The summed E-state index contributed by atoms with van der Waals surface area (Å²) < 4.78 is 4.89. The number of nitrogens with one attached hydrogen (secondary N) is 3. The minimum atomic E-state index is -0.0891. The summed E-state index contributed by atoms with van der Waals surface area (Å²) in [6.07, 6.45) is 0.886. The fourth-order valence-corrected chi connectivity index (χ4v) is 1.87. The summed E-state index contributed by atoms with van der Waals surface area (Å²) in [4.78, 5) is 23.8. The van der Waals surface area contributed by atoms with Gasteiger partial charge in [-0.3, -0.25) is 9.59 Å². The van der Waals surface area contributed by atoms with Crippen molar-refractivity contribution in [2.75, 3.05) is 26.8 Å². The number of halogens is 1. The molecule has 0 aliphatic carbocycles. The summed E-state index contributed by atoms with van der Waals surface area (Å²) in [5.41, 5.74) is 1.50. The second-order valence-electron chi connectivity index (χ2n) is 5.43. The van der Waals surface area contributed by atoms with Gasteiger partial charge < -0.3 is 20.7 Å². The highest BCUT2D eigenvalue weighted by Crippen LogP contribution is 2.06. The number of carbonyl (C=O) groups excluding carboxylic acids is 2. The Morgan fingerprint density at radius 2 is 2.04 bits per heavy atom. The lowest BCUT2D eigenvalue weighted by Gasteiger charge is -2.12. The van der Waals surface area contributed by atoms with Gasteiger partial charge in [0, 0.05) is 31.8 Å². The number of rotatable bonds is 10. The number of carbonyl (C=O) groups is 2. The van der Waals surface area contributed by atoms with E-state index in [0.717, 1.165) is 12.0 Å². The van der Waals surface area contributed by atoms with Crippen LogP contribution in [0.25, 0.3) is 0 Å². The highest BCUT2D eigenvalue weighted by molar-refractivity contribution is 5.94. The van der Waals surface area contributed by atoms with Crippen LogP contribution in [-0.2, 0) is 16.1 Å². The highest BCUT2D eigenvalue weighted by Gasteiger charge is 2.09. The molecule has 0 bridgehead atoms. The van der Waals surface area contributed by atoms with Gasteiger partial charge in [0.25, 0.3) is 5.91 Å². The first-order valence-electron chi connectivity index (χ1n) is 7.93. The van der Waals surface area contributed by atoms with Crippen molar-refractivity contribution in [3.05, 3.63) is 35.4 Å². The van der Waals surface area contributed by atoms with Crippen LogP contribution in [0.2, 0.25) is 0 Å². The number of hydrogen-bond acceptors (Lipinski definition) is 4. The van der Waals surface area contributed by atoms with E-state index >= 15 is 0 Å². The van der Waals surface area contributed by atoms with Crippen molar-refractivity contribution in [2.24, 2.45) is 0 Å². The maximum Gasteiger partial charge on any atom is 0.251 e. The van der Waals surface area contributed by atoms with E-state index in [1.807, 2.05) is 26.0 Å². The number of hydrogen-bond donors (Lipinski definition) is 3. The zero-order chi connectivity index (χ0) is 17.1. The summed E-state index contributed by atoms with van der Waals surface area (Å²) in [6, 6.07) is 7.43. The maximum absolute atomic E-state index is 12.1. The van der Waals surface area contributed by atoms with E-state index < -0.39 is 0 Å². The van der Waals surface area contributed by atoms with Crippen molar-refractivity contribution in [1.29, 1.82) is 0 Å². The molecule has 1 atom stereocenters. The number of amides is 2. The molecule has 1 aromatic rings. The lowest BCUT2D eigenvalue weighted by atomic mass is 10.1. The summed E-state index contributed by atoms with van der Waals surface area (Å²) in [6.45, 7) is 5.85. The molecule has 0 fully saturated rings. The molecule has 0 saturated carbocycles. The van der Waals surface area contributed by atoms with E-state index in [2.05, 4.69) is 16.0 Å². The van der Waals surface area contributed by atoms with E-state index in [1.165, 1.54) is 0 Å². The molecule has 0 heterocycles. The Morgan fingerprint density at radius 3 is 2.71 bits per heavy atom. The molecule has 0 aromatic heterocycles. The van der Waals surface area contributed by atoms with Gasteiger partial charge in [0.2, 0.25) is 5.91 Å². The summed E-state index contributed by atoms with van der Waals surface area (Å²) in [5.74, 6) is -0.177. The third kappa shape index (κ3) is 8.86. The average molecular weight is 358 g/mol. The van der Waals surface area contributed by atoms with Crippen molar-refractivity contribution in [2.45, 2.75) is 32.9 Å². The Morgan fingerprint density at radius 1 is 1.29 bits per heavy atom. The van der Waals surface area contributed by atoms with Crippen LogP contribution < -0.4 is 16.0 Å². The topological polar surface area (TPSA) is 79.5 Å². The molecule has 3 N–H and O–H groups in total. The van der Waals surface area contributed by atoms with E-state index in [4.69, 9.17) is 4.74 Å². The standard InChI is InChI=1S/C17H27N3O3.ClH/c1-4-13(2)20-17(22)15-7-5-6-14(10-15)11-19-16(21)12-18-8-9-23-3;/h5-7,10,13,18H,4,8-9,11-12H2,1-3H3,(H,19,21)(H,20,22);1H. The van der Waals surface area contributed by atoms with Gasteiger partial charge in [-0.15, -0.1) is 12.4 Å². The van der Waals surface area contributed by atoms with Gasteiger partial charge in [0.05, 0.1) is 13.2 Å². The average Bonchev–Trinajstić information content (AvgIpc) is 2.57. The second kappa shape index (κ2) is 12.8. The van der Waals surface area contributed by atoms with Crippen molar-refractivity contribution in [1.82, 2.24) is 16.0 Å². The minimum absolute atomic E-state index is 0. The molecule has 24 heavy (non-hydrogen) atoms. The minimum Gasteiger partial charge on any atom is -0.383 e. The predicted molar refractivity (Wildman–Crippen MR) is 97.5 cm³/mol. The normalized spacial score (nSPS) is 11.3. The van der Waals surface area contributed by atoms with Crippen molar-refractivity contribution in [3.63, 3.8) is 0 Å². The van der Waals surface area contributed by atoms with Gasteiger partial charge in [-0.1, -0.05) is 19.1 Å². The molecule has 6 nitrogen and oxygen atoms in total. The van der Waals surface area contributed by atoms with Gasteiger partial charge in [-0.2, -0.15) is 0 Å². The monoisotopic (exact) mass is 357 g/mol. The van der Waals surface area contributed by atoms with Crippen LogP contribution in [0, 0.1) is 0 Å². The third-order valence-electron chi connectivity index (χ3n) is 3.44. The third-order valence-corrected chi connectivity index (χ3v) is 3.44. The lowest BCUT2D eigenvalue weighted by molar-refractivity contribution is -0.120. The summed E-state index contributed by atoms with van der Waals surface area (Å²) >= 11 is 0. The Balaban J connectivity index is 0.00000529. The SMILES string of the molecule is CCC(C)NC(=O)c1cccc(CNC(=O)CNCCOC)c1.Cl. The van der Waals surface area contributed by atoms with Crippen LogP contribution in [0.1, 0.15) is 36.2 Å². The van der Waals surface area contributed by atoms with Crippen molar-refractivity contribution < 1.29 is 14.3 Å². The molecule has 0 aliphatic rings. The first-order chi connectivity index (χ1) is 11.1. The zero-order valence-electron chi connectivity index (χ0n) is 14.6. The first kappa shape index (κ1) is 22.4. The fourth-order valence-electron chi connectivity index (χ4n) is 1.87. The molecular formula is C17H28ClN3O3. The van der Waals surface area contributed by atoms with Crippen LogP contribution in [-0.4, -0.2) is 44.7 Å². The summed E-state index contributed by atoms with van der Waals surface area (Å²) in [5, 5.41) is 8.73. The molecular weight excluding hydrogens is 330 g/mol. The van der Waals surface area contributed by atoms with E-state index in [1.54, 1.807) is 19.2 Å². The smallest absolute Gasteiger partial charge is 0.251 e. The molecule has 0 spiro atoms. The number of ether oxygens (including phenoxy) is 1. The van der Waals surface area contributed by atoms with Gasteiger partial charge in [-0.05, 0) is 31.0 Å². The van der Waals surface area contributed by atoms with Crippen LogP contribution in [0.5, 0.6) is 0 Å². The first-order valence-corrected chi connectivity index (χ1v) is 7.93. The Kier molecular flexibility index (Phi) is 11.9. The molecule has 7 heteroatoms. The molecule has 1 aromatic carbocycles. The van der Waals surface area contributed by atoms with Crippen molar-refractivity contribution in [3.8, 4) is 0 Å². The number of methoxy groups -OCH3 is 1. The van der Waals surface area contributed by atoms with Crippen LogP contribution in [0.3, 0.4) is 0 Å². The highest BCUT2D eigenvalue weighted by atomic mass is 35.5. The zero-order valence-corrected chi connectivity index (χ0v) is 15.4. The second-order valence-corrected chi connectivity index (χ2v) is 5.43. The van der Waals surface area contributed by atoms with E-state index in [-0.39, 0.29) is 36.8 Å². The largest absolute Gasteiger partial charge is 0.383 e. The van der Waals surface area contributed by atoms with Crippen LogP contribution in [0.15, 0.2) is 24.3 Å². The molecule has 2 amide bonds. The van der Waals surface area contributed by atoms with Gasteiger partial charge >= 0.3 is 0 Å². The van der Waals surface area contributed by atoms with Gasteiger partial charge in [-0.25, -0.2) is 0 Å². The van der Waals surface area contributed by atoms with Gasteiger partial charge in [0.15, 0.2) is 0 Å². The fraction of sp³-hybridized carbons (Fsp3) is 0.529. The molecule has 136 valence electrons. The molecule has 0 radical (unpaired) electrons. The van der Waals surface area contributed by atoms with Crippen LogP contribution in [0.4, 0.5) is 0 Å². The lowest BCUT2D eigenvalue weighted by Crippen LogP contribution is -2.35. The molecule has 1 unspecified atom stereocenters.